The maximum Gasteiger partial charge on any atom is 0.332 e. The van der Waals surface area contributed by atoms with Crippen LogP contribution in [0.4, 0.5) is 11.6 Å². The molecule has 1 aromatic carbocycles. The van der Waals surface area contributed by atoms with Crippen molar-refractivity contribution < 1.29 is 0 Å². The molecule has 0 N–H and O–H groups in total. The minimum absolute atomic E-state index is 0.258. The van der Waals surface area contributed by atoms with Crippen LogP contribution in [0.2, 0.25) is 0 Å². The van der Waals surface area contributed by atoms with Gasteiger partial charge in [-0.1, -0.05) is 25.5 Å². The number of nitrogens with zero attached hydrogens (tertiary/aromatic N) is 5. The highest BCUT2D eigenvalue weighted by molar-refractivity contribution is 5.77. The summed E-state index contributed by atoms with van der Waals surface area (Å²) in [5.74, 6) is 0.729. The lowest BCUT2D eigenvalue weighted by atomic mass is 10.1. The fourth-order valence-electron chi connectivity index (χ4n) is 3.82. The van der Waals surface area contributed by atoms with Crippen LogP contribution in [0.15, 0.2) is 33.9 Å². The summed E-state index contributed by atoms with van der Waals surface area (Å²) in [5.41, 5.74) is 2.78. The average Bonchev–Trinajstić information content (AvgIpc) is 3.25. The van der Waals surface area contributed by atoms with E-state index in [9.17, 15) is 9.59 Å². The zero-order valence-electron chi connectivity index (χ0n) is 16.1. The summed E-state index contributed by atoms with van der Waals surface area (Å²) in [4.78, 5) is 32.0. The van der Waals surface area contributed by atoms with Crippen molar-refractivity contribution in [3.05, 3.63) is 50.7 Å². The van der Waals surface area contributed by atoms with E-state index in [2.05, 4.69) is 41.1 Å². The molecule has 1 aliphatic rings. The van der Waals surface area contributed by atoms with Gasteiger partial charge in [0.1, 0.15) is 0 Å². The van der Waals surface area contributed by atoms with Gasteiger partial charge in [-0.25, -0.2) is 4.79 Å². The number of rotatable bonds is 5. The molecule has 7 heteroatoms. The standard InChI is InChI=1S/C20H25N5O2/c1-4-6-7-14-8-10-15(11-9-14)24-12-13-25-16-17(21-19(24)25)22(3)20(27)23(5-2)18(16)26/h8-11H,4-7,12-13H2,1-3H3. The maximum atomic E-state index is 12.8. The molecule has 0 amide bonds. The zero-order chi connectivity index (χ0) is 19.1. The van der Waals surface area contributed by atoms with E-state index < -0.39 is 0 Å². The first kappa shape index (κ1) is 17.6. The highest BCUT2D eigenvalue weighted by atomic mass is 16.2. The summed E-state index contributed by atoms with van der Waals surface area (Å²) in [6.45, 7) is 5.80. The first-order chi connectivity index (χ1) is 13.1. The lowest BCUT2D eigenvalue weighted by Gasteiger charge is -2.16. The van der Waals surface area contributed by atoms with E-state index >= 15 is 0 Å². The highest BCUT2D eigenvalue weighted by Crippen LogP contribution is 2.31. The minimum atomic E-state index is -0.321. The molecule has 0 aliphatic carbocycles. The quantitative estimate of drug-likeness (QED) is 0.695. The third kappa shape index (κ3) is 2.69. The van der Waals surface area contributed by atoms with Gasteiger partial charge in [0.25, 0.3) is 5.56 Å². The summed E-state index contributed by atoms with van der Waals surface area (Å²) in [7, 11) is 1.67. The number of anilines is 2. The van der Waals surface area contributed by atoms with E-state index in [0.29, 0.717) is 24.3 Å². The van der Waals surface area contributed by atoms with Crippen LogP contribution in [-0.2, 0) is 26.6 Å². The summed E-state index contributed by atoms with van der Waals surface area (Å²) in [6, 6.07) is 8.55. The SMILES string of the molecule is CCCCc1ccc(N2CCn3c2nc2c3c(=O)n(CC)c(=O)n2C)cc1. The Hall–Kier alpha value is -2.83. The Labute approximate surface area is 157 Å². The van der Waals surface area contributed by atoms with Gasteiger partial charge in [-0.2, -0.15) is 4.98 Å². The van der Waals surface area contributed by atoms with Crippen LogP contribution in [0, 0.1) is 0 Å². The number of unbranched alkanes of at least 4 members (excludes halogenated alkanes) is 1. The monoisotopic (exact) mass is 367 g/mol. The molecule has 0 radical (unpaired) electrons. The fourth-order valence-corrected chi connectivity index (χ4v) is 3.82. The molecule has 2 aromatic heterocycles. The van der Waals surface area contributed by atoms with E-state index in [0.717, 1.165) is 24.6 Å². The Morgan fingerprint density at radius 1 is 1.07 bits per heavy atom. The van der Waals surface area contributed by atoms with E-state index in [1.807, 2.05) is 11.5 Å². The van der Waals surface area contributed by atoms with Crippen molar-refractivity contribution in [2.75, 3.05) is 11.4 Å². The van der Waals surface area contributed by atoms with E-state index in [4.69, 9.17) is 0 Å². The van der Waals surface area contributed by atoms with E-state index in [1.165, 1.54) is 27.5 Å². The van der Waals surface area contributed by atoms with Gasteiger partial charge >= 0.3 is 5.69 Å². The third-order valence-electron chi connectivity index (χ3n) is 5.38. The normalized spacial score (nSPS) is 13.5. The number of fused-ring (bicyclic) bond motifs is 3. The van der Waals surface area contributed by atoms with Gasteiger partial charge in [-0.05, 0) is 37.5 Å². The van der Waals surface area contributed by atoms with Crippen molar-refractivity contribution in [2.24, 2.45) is 7.05 Å². The summed E-state index contributed by atoms with van der Waals surface area (Å²) >= 11 is 0. The average molecular weight is 367 g/mol. The van der Waals surface area contributed by atoms with Gasteiger partial charge in [0, 0.05) is 32.4 Å². The largest absolute Gasteiger partial charge is 0.332 e. The molecular weight excluding hydrogens is 342 g/mol. The molecule has 0 bridgehead atoms. The molecule has 142 valence electrons. The minimum Gasteiger partial charge on any atom is -0.310 e. The van der Waals surface area contributed by atoms with E-state index in [1.54, 1.807) is 7.05 Å². The molecule has 0 saturated heterocycles. The Morgan fingerprint density at radius 3 is 2.48 bits per heavy atom. The summed E-state index contributed by atoms with van der Waals surface area (Å²) in [5, 5.41) is 0. The molecule has 3 aromatic rings. The lowest BCUT2D eigenvalue weighted by molar-refractivity contribution is 0.633. The predicted molar refractivity (Wildman–Crippen MR) is 107 cm³/mol. The van der Waals surface area contributed by atoms with Crippen molar-refractivity contribution in [1.29, 1.82) is 0 Å². The Kier molecular flexibility index (Phi) is 4.37. The Balaban J connectivity index is 1.79. The maximum absolute atomic E-state index is 12.8. The molecule has 0 atom stereocenters. The second kappa shape index (κ2) is 6.72. The molecule has 0 fully saturated rings. The van der Waals surface area contributed by atoms with Gasteiger partial charge in [0.05, 0.1) is 0 Å². The first-order valence-electron chi connectivity index (χ1n) is 9.63. The fraction of sp³-hybridized carbons (Fsp3) is 0.450. The second-order valence-electron chi connectivity index (χ2n) is 7.05. The lowest BCUT2D eigenvalue weighted by Crippen LogP contribution is -2.39. The van der Waals surface area contributed by atoms with Crippen LogP contribution < -0.4 is 16.1 Å². The molecular formula is C20H25N5O2. The van der Waals surface area contributed by atoms with Gasteiger partial charge in [-0.3, -0.25) is 13.9 Å². The van der Waals surface area contributed by atoms with Crippen molar-refractivity contribution in [2.45, 2.75) is 46.2 Å². The van der Waals surface area contributed by atoms with Crippen LogP contribution >= 0.6 is 0 Å². The summed E-state index contributed by atoms with van der Waals surface area (Å²) < 4.78 is 4.67. The first-order valence-corrected chi connectivity index (χ1v) is 9.63. The van der Waals surface area contributed by atoms with Crippen molar-refractivity contribution in [3.63, 3.8) is 0 Å². The number of benzene rings is 1. The van der Waals surface area contributed by atoms with Crippen LogP contribution in [0.3, 0.4) is 0 Å². The Bertz CT molecular complexity index is 1100. The molecule has 7 nitrogen and oxygen atoms in total. The molecule has 3 heterocycles. The van der Waals surface area contributed by atoms with Gasteiger partial charge in [0.2, 0.25) is 5.95 Å². The second-order valence-corrected chi connectivity index (χ2v) is 7.05. The van der Waals surface area contributed by atoms with E-state index in [-0.39, 0.29) is 11.2 Å². The smallest absolute Gasteiger partial charge is 0.310 e. The van der Waals surface area contributed by atoms with Gasteiger partial charge in [-0.15, -0.1) is 0 Å². The number of aryl methyl sites for hydroxylation is 2. The number of hydrogen-bond donors (Lipinski definition) is 0. The molecule has 0 saturated carbocycles. The third-order valence-corrected chi connectivity index (χ3v) is 5.38. The summed E-state index contributed by atoms with van der Waals surface area (Å²) in [6.07, 6.45) is 3.47. The topological polar surface area (TPSA) is 65.1 Å². The number of aromatic nitrogens is 4. The van der Waals surface area contributed by atoms with Crippen LogP contribution in [0.5, 0.6) is 0 Å². The van der Waals surface area contributed by atoms with Crippen molar-refractivity contribution >= 4 is 22.8 Å². The zero-order valence-corrected chi connectivity index (χ0v) is 16.1. The number of imidazole rings is 1. The molecule has 4 rings (SSSR count). The molecule has 1 aliphatic heterocycles. The van der Waals surface area contributed by atoms with Gasteiger partial charge < -0.3 is 9.47 Å². The van der Waals surface area contributed by atoms with Crippen LogP contribution in [0.1, 0.15) is 32.3 Å². The van der Waals surface area contributed by atoms with Crippen molar-refractivity contribution in [3.8, 4) is 0 Å². The van der Waals surface area contributed by atoms with Crippen LogP contribution in [-0.4, -0.2) is 25.2 Å². The van der Waals surface area contributed by atoms with Crippen molar-refractivity contribution in [1.82, 2.24) is 18.7 Å². The van der Waals surface area contributed by atoms with Crippen LogP contribution in [0.25, 0.3) is 11.2 Å². The molecule has 0 spiro atoms. The predicted octanol–water partition coefficient (Wildman–Crippen LogP) is 2.41. The Morgan fingerprint density at radius 2 is 1.81 bits per heavy atom. The highest BCUT2D eigenvalue weighted by Gasteiger charge is 2.28. The number of hydrogen-bond acceptors (Lipinski definition) is 4. The molecule has 27 heavy (non-hydrogen) atoms. The molecule has 0 unspecified atom stereocenters. The van der Waals surface area contributed by atoms with Gasteiger partial charge in [0.15, 0.2) is 11.2 Å².